The van der Waals surface area contributed by atoms with E-state index in [0.29, 0.717) is 17.0 Å². The molecule has 72 valence electrons. The van der Waals surface area contributed by atoms with E-state index in [1.807, 2.05) is 0 Å². The molecule has 3 nitrogen and oxygen atoms in total. The topological polar surface area (TPSA) is 42.6 Å². The Labute approximate surface area is 84.8 Å². The van der Waals surface area contributed by atoms with Crippen molar-refractivity contribution in [2.75, 3.05) is 13.2 Å². The van der Waals surface area contributed by atoms with Crippen LogP contribution in [-0.4, -0.2) is 18.3 Å². The summed E-state index contributed by atoms with van der Waals surface area (Å²) in [5, 5.41) is 9.84. The van der Waals surface area contributed by atoms with E-state index in [1.165, 1.54) is 0 Å². The Kier molecular flexibility index (Phi) is 2.71. The van der Waals surface area contributed by atoms with Crippen LogP contribution in [0.5, 0.6) is 0 Å². The van der Waals surface area contributed by atoms with E-state index >= 15 is 0 Å². The first-order chi connectivity index (χ1) is 6.27. The molecular weight excluding hydrogens is 236 g/mol. The first-order valence-corrected chi connectivity index (χ1v) is 5.07. The molecule has 1 saturated heterocycles. The van der Waals surface area contributed by atoms with Gasteiger partial charge in [0.2, 0.25) is 0 Å². The minimum Gasteiger partial charge on any atom is -0.452 e. The zero-order valence-corrected chi connectivity index (χ0v) is 8.66. The third-order valence-electron chi connectivity index (χ3n) is 2.30. The fourth-order valence-corrected chi connectivity index (χ4v) is 1.84. The van der Waals surface area contributed by atoms with E-state index in [-0.39, 0.29) is 5.92 Å². The van der Waals surface area contributed by atoms with Gasteiger partial charge in [0.05, 0.1) is 6.61 Å². The van der Waals surface area contributed by atoms with Gasteiger partial charge in [-0.15, -0.1) is 0 Å². The molecule has 1 aliphatic heterocycles. The van der Waals surface area contributed by atoms with Crippen LogP contribution in [0, 0.1) is 5.92 Å². The van der Waals surface area contributed by atoms with Crippen molar-refractivity contribution >= 4 is 15.9 Å². The van der Waals surface area contributed by atoms with Crippen LogP contribution in [0.1, 0.15) is 18.3 Å². The highest BCUT2D eigenvalue weighted by atomic mass is 79.9. The highest BCUT2D eigenvalue weighted by molar-refractivity contribution is 9.10. The number of aliphatic hydroxyl groups is 1. The maximum atomic E-state index is 9.84. The summed E-state index contributed by atoms with van der Waals surface area (Å²) in [4.78, 5) is 0. The summed E-state index contributed by atoms with van der Waals surface area (Å²) in [5.41, 5.74) is 0. The van der Waals surface area contributed by atoms with Crippen molar-refractivity contribution in [3.8, 4) is 0 Å². The molecule has 2 heterocycles. The molecule has 4 heteroatoms. The first-order valence-electron chi connectivity index (χ1n) is 4.28. The van der Waals surface area contributed by atoms with Crippen LogP contribution in [0.15, 0.2) is 21.2 Å². The number of halogens is 1. The largest absolute Gasteiger partial charge is 0.452 e. The van der Waals surface area contributed by atoms with E-state index in [2.05, 4.69) is 15.9 Å². The van der Waals surface area contributed by atoms with Crippen molar-refractivity contribution in [2.45, 2.75) is 12.5 Å². The Morgan fingerprint density at radius 3 is 2.92 bits per heavy atom. The highest BCUT2D eigenvalue weighted by Gasteiger charge is 2.27. The van der Waals surface area contributed by atoms with E-state index in [9.17, 15) is 5.11 Å². The molecule has 0 bridgehead atoms. The van der Waals surface area contributed by atoms with Crippen LogP contribution >= 0.6 is 15.9 Å². The molecule has 0 aliphatic carbocycles. The third kappa shape index (κ3) is 1.95. The summed E-state index contributed by atoms with van der Waals surface area (Å²) in [6.45, 7) is 1.36. The number of hydrogen-bond donors (Lipinski definition) is 1. The Morgan fingerprint density at radius 1 is 1.54 bits per heavy atom. The predicted molar refractivity (Wildman–Crippen MR) is 50.3 cm³/mol. The van der Waals surface area contributed by atoms with Crippen molar-refractivity contribution < 1.29 is 14.3 Å². The van der Waals surface area contributed by atoms with Gasteiger partial charge < -0.3 is 14.3 Å². The molecular formula is C9H11BrO3. The molecule has 0 radical (unpaired) electrons. The number of aliphatic hydroxyl groups excluding tert-OH is 1. The average molecular weight is 247 g/mol. The number of ether oxygens (including phenoxy) is 1. The molecule has 1 aromatic rings. The quantitative estimate of drug-likeness (QED) is 0.870. The van der Waals surface area contributed by atoms with Crippen LogP contribution in [0.25, 0.3) is 0 Å². The fraction of sp³-hybridized carbons (Fsp3) is 0.556. The van der Waals surface area contributed by atoms with Gasteiger partial charge in [-0.3, -0.25) is 0 Å². The Balaban J connectivity index is 2.07. The maximum Gasteiger partial charge on any atom is 0.169 e. The van der Waals surface area contributed by atoms with E-state index in [1.54, 1.807) is 12.1 Å². The third-order valence-corrected chi connectivity index (χ3v) is 2.72. The van der Waals surface area contributed by atoms with Gasteiger partial charge in [-0.25, -0.2) is 0 Å². The summed E-state index contributed by atoms with van der Waals surface area (Å²) in [7, 11) is 0. The Bertz CT molecular complexity index is 278. The lowest BCUT2D eigenvalue weighted by Gasteiger charge is -2.13. The molecule has 1 aromatic heterocycles. The van der Waals surface area contributed by atoms with E-state index in [4.69, 9.17) is 9.15 Å². The van der Waals surface area contributed by atoms with Gasteiger partial charge in [0, 0.05) is 12.5 Å². The van der Waals surface area contributed by atoms with Gasteiger partial charge in [0.25, 0.3) is 0 Å². The standard InChI is InChI=1S/C9H11BrO3/c10-8-2-1-7(13-8)9(11)6-3-4-12-5-6/h1-2,6,9,11H,3-5H2. The van der Waals surface area contributed by atoms with Crippen LogP contribution < -0.4 is 0 Å². The van der Waals surface area contributed by atoms with E-state index < -0.39 is 6.10 Å². The SMILES string of the molecule is OC(c1ccc(Br)o1)C1CCOC1. The lowest BCUT2D eigenvalue weighted by atomic mass is 10.0. The first kappa shape index (κ1) is 9.24. The molecule has 0 saturated carbocycles. The summed E-state index contributed by atoms with van der Waals surface area (Å²) >= 11 is 3.20. The van der Waals surface area contributed by atoms with Crippen LogP contribution in [-0.2, 0) is 4.74 Å². The smallest absolute Gasteiger partial charge is 0.169 e. The molecule has 0 amide bonds. The molecule has 2 rings (SSSR count). The lowest BCUT2D eigenvalue weighted by Crippen LogP contribution is -2.11. The zero-order valence-electron chi connectivity index (χ0n) is 7.07. The van der Waals surface area contributed by atoms with Gasteiger partial charge in [-0.2, -0.15) is 0 Å². The second-order valence-corrected chi connectivity index (χ2v) is 3.99. The highest BCUT2D eigenvalue weighted by Crippen LogP contribution is 2.30. The van der Waals surface area contributed by atoms with Crippen LogP contribution in [0.4, 0.5) is 0 Å². The molecule has 2 atom stereocenters. The normalized spacial score (nSPS) is 24.9. The van der Waals surface area contributed by atoms with Crippen LogP contribution in [0.3, 0.4) is 0 Å². The maximum absolute atomic E-state index is 9.84. The van der Waals surface area contributed by atoms with Crippen molar-refractivity contribution in [3.05, 3.63) is 22.6 Å². The summed E-state index contributed by atoms with van der Waals surface area (Å²) in [6, 6.07) is 3.57. The van der Waals surface area contributed by atoms with Gasteiger partial charge in [-0.05, 0) is 34.5 Å². The van der Waals surface area contributed by atoms with Gasteiger partial charge >= 0.3 is 0 Å². The Hall–Kier alpha value is -0.320. The van der Waals surface area contributed by atoms with Crippen LogP contribution in [0.2, 0.25) is 0 Å². The number of hydrogen-bond acceptors (Lipinski definition) is 3. The molecule has 1 aliphatic rings. The van der Waals surface area contributed by atoms with Gasteiger partial charge in [-0.1, -0.05) is 0 Å². The predicted octanol–water partition coefficient (Wildman–Crippen LogP) is 2.11. The number of furan rings is 1. The molecule has 1 N–H and O–H groups in total. The lowest BCUT2D eigenvalue weighted by molar-refractivity contribution is 0.0732. The second kappa shape index (κ2) is 3.82. The van der Waals surface area contributed by atoms with Gasteiger partial charge in [0.1, 0.15) is 11.9 Å². The van der Waals surface area contributed by atoms with Crippen molar-refractivity contribution in [1.29, 1.82) is 0 Å². The summed E-state index contributed by atoms with van der Waals surface area (Å²) < 4.78 is 11.1. The van der Waals surface area contributed by atoms with Gasteiger partial charge in [0.15, 0.2) is 4.67 Å². The summed E-state index contributed by atoms with van der Waals surface area (Å²) in [5.74, 6) is 0.792. The molecule has 13 heavy (non-hydrogen) atoms. The fourth-order valence-electron chi connectivity index (χ4n) is 1.52. The zero-order chi connectivity index (χ0) is 9.26. The molecule has 2 unspecified atom stereocenters. The number of rotatable bonds is 2. The molecule has 1 fully saturated rings. The summed E-state index contributed by atoms with van der Waals surface area (Å²) in [6.07, 6.45) is 0.369. The minimum absolute atomic E-state index is 0.179. The minimum atomic E-state index is -0.534. The molecule has 0 aromatic carbocycles. The monoisotopic (exact) mass is 246 g/mol. The van der Waals surface area contributed by atoms with E-state index in [0.717, 1.165) is 13.0 Å². The van der Waals surface area contributed by atoms with Crippen molar-refractivity contribution in [3.63, 3.8) is 0 Å². The average Bonchev–Trinajstić information content (AvgIpc) is 2.72. The second-order valence-electron chi connectivity index (χ2n) is 3.21. The molecule has 0 spiro atoms. The van der Waals surface area contributed by atoms with Crippen molar-refractivity contribution in [2.24, 2.45) is 5.92 Å². The Morgan fingerprint density at radius 2 is 2.38 bits per heavy atom. The van der Waals surface area contributed by atoms with Crippen molar-refractivity contribution in [1.82, 2.24) is 0 Å².